The Labute approximate surface area is 179 Å². The Morgan fingerprint density at radius 1 is 1.23 bits per heavy atom. The Morgan fingerprint density at radius 3 is 2.54 bits per heavy atom. The van der Waals surface area contributed by atoms with E-state index in [4.69, 9.17) is 4.74 Å². The quantitative estimate of drug-likeness (QED) is 0.226. The molecule has 1 heterocycles. The van der Waals surface area contributed by atoms with E-state index in [-0.39, 0.29) is 29.5 Å². The van der Waals surface area contributed by atoms with Crippen molar-refractivity contribution in [3.8, 4) is 0 Å². The fourth-order valence-electron chi connectivity index (χ4n) is 3.16. The number of ether oxygens (including phenoxy) is 1. The Bertz CT molecular complexity index is 524. The van der Waals surface area contributed by atoms with Crippen LogP contribution in [-0.4, -0.2) is 56.9 Å². The molecule has 0 saturated carbocycles. The van der Waals surface area contributed by atoms with Gasteiger partial charge in [-0.15, -0.1) is 24.0 Å². The molecule has 0 bridgehead atoms. The molecule has 26 heavy (non-hydrogen) atoms. The molecule has 1 fully saturated rings. The zero-order chi connectivity index (χ0) is 18.0. The Morgan fingerprint density at radius 2 is 1.92 bits per heavy atom. The second-order valence-electron chi connectivity index (χ2n) is 6.51. The number of hydrogen-bond acceptors (Lipinski definition) is 4. The third kappa shape index (κ3) is 7.62. The SMILES string of the molecule is CN=C(NCCSC)NCC1(NC(C)c2ccccc2)CCOCC1.I. The third-order valence-corrected chi connectivity index (χ3v) is 5.30. The lowest BCUT2D eigenvalue weighted by Gasteiger charge is -2.41. The van der Waals surface area contributed by atoms with Gasteiger partial charge in [0.15, 0.2) is 5.96 Å². The van der Waals surface area contributed by atoms with E-state index < -0.39 is 0 Å². The van der Waals surface area contributed by atoms with Gasteiger partial charge in [0.25, 0.3) is 0 Å². The van der Waals surface area contributed by atoms with Gasteiger partial charge >= 0.3 is 0 Å². The molecule has 0 aliphatic carbocycles. The highest BCUT2D eigenvalue weighted by Crippen LogP contribution is 2.25. The topological polar surface area (TPSA) is 57.7 Å². The summed E-state index contributed by atoms with van der Waals surface area (Å²) in [6.07, 6.45) is 4.11. The zero-order valence-electron chi connectivity index (χ0n) is 16.1. The molecule has 1 saturated heterocycles. The van der Waals surface area contributed by atoms with Crippen LogP contribution in [0.5, 0.6) is 0 Å². The molecule has 5 nitrogen and oxygen atoms in total. The second-order valence-corrected chi connectivity index (χ2v) is 7.50. The standard InChI is InChI=1S/C19H32N4OS.HI/c1-16(17-7-5-4-6-8-17)23-19(9-12-24-13-10-19)15-22-18(20-2)21-11-14-25-3;/h4-8,16,23H,9-15H2,1-3H3,(H2,20,21,22);1H. The summed E-state index contributed by atoms with van der Waals surface area (Å²) < 4.78 is 5.61. The lowest BCUT2D eigenvalue weighted by Crippen LogP contribution is -2.58. The van der Waals surface area contributed by atoms with Gasteiger partial charge in [0.05, 0.1) is 0 Å². The number of nitrogens with zero attached hydrogens (tertiary/aromatic N) is 1. The Kier molecular flexibility index (Phi) is 11.6. The van der Waals surface area contributed by atoms with Crippen LogP contribution in [0.25, 0.3) is 0 Å². The number of rotatable bonds is 8. The lowest BCUT2D eigenvalue weighted by atomic mass is 9.88. The molecule has 148 valence electrons. The molecular weight excluding hydrogens is 459 g/mol. The number of thioether (sulfide) groups is 1. The van der Waals surface area contributed by atoms with E-state index in [9.17, 15) is 0 Å². The van der Waals surface area contributed by atoms with E-state index in [1.54, 1.807) is 0 Å². The van der Waals surface area contributed by atoms with E-state index in [2.05, 4.69) is 64.5 Å². The smallest absolute Gasteiger partial charge is 0.191 e. The number of halogens is 1. The highest BCUT2D eigenvalue weighted by Gasteiger charge is 2.34. The first-order chi connectivity index (χ1) is 12.2. The fraction of sp³-hybridized carbons (Fsp3) is 0.632. The van der Waals surface area contributed by atoms with Crippen molar-refractivity contribution in [2.75, 3.05) is 45.4 Å². The summed E-state index contributed by atoms with van der Waals surface area (Å²) in [5, 5.41) is 10.7. The van der Waals surface area contributed by atoms with Crippen molar-refractivity contribution in [2.24, 2.45) is 4.99 Å². The summed E-state index contributed by atoms with van der Waals surface area (Å²) in [5.74, 6) is 1.94. The molecular formula is C19H33IN4OS. The minimum atomic E-state index is 0. The maximum Gasteiger partial charge on any atom is 0.191 e. The summed E-state index contributed by atoms with van der Waals surface area (Å²) >= 11 is 1.83. The molecule has 1 aliphatic heterocycles. The van der Waals surface area contributed by atoms with Gasteiger partial charge in [-0.1, -0.05) is 30.3 Å². The summed E-state index contributed by atoms with van der Waals surface area (Å²) in [6, 6.07) is 10.9. The van der Waals surface area contributed by atoms with Gasteiger partial charge in [0, 0.05) is 50.7 Å². The summed E-state index contributed by atoms with van der Waals surface area (Å²) in [5.41, 5.74) is 1.33. The maximum absolute atomic E-state index is 5.61. The van der Waals surface area contributed by atoms with Crippen LogP contribution in [0.15, 0.2) is 35.3 Å². The summed E-state index contributed by atoms with van der Waals surface area (Å²) in [6.45, 7) is 5.60. The molecule has 1 aromatic carbocycles. The molecule has 1 aromatic rings. The highest BCUT2D eigenvalue weighted by molar-refractivity contribution is 14.0. The van der Waals surface area contributed by atoms with Crippen LogP contribution in [0.1, 0.15) is 31.4 Å². The molecule has 0 amide bonds. The first-order valence-corrected chi connectivity index (χ1v) is 10.4. The monoisotopic (exact) mass is 492 g/mol. The molecule has 1 unspecified atom stereocenters. The van der Waals surface area contributed by atoms with Crippen molar-refractivity contribution in [1.29, 1.82) is 0 Å². The van der Waals surface area contributed by atoms with Gasteiger partial charge in [0.1, 0.15) is 0 Å². The largest absolute Gasteiger partial charge is 0.381 e. The molecule has 0 spiro atoms. The predicted octanol–water partition coefficient (Wildman–Crippen LogP) is 3.03. The molecule has 2 rings (SSSR count). The molecule has 7 heteroatoms. The van der Waals surface area contributed by atoms with Crippen molar-refractivity contribution in [3.63, 3.8) is 0 Å². The number of guanidine groups is 1. The summed E-state index contributed by atoms with van der Waals surface area (Å²) in [7, 11) is 1.82. The van der Waals surface area contributed by atoms with E-state index in [0.717, 1.165) is 50.9 Å². The van der Waals surface area contributed by atoms with Crippen LogP contribution in [-0.2, 0) is 4.74 Å². The maximum atomic E-state index is 5.61. The van der Waals surface area contributed by atoms with Gasteiger partial charge in [-0.25, -0.2) is 0 Å². The van der Waals surface area contributed by atoms with Gasteiger partial charge in [0.2, 0.25) is 0 Å². The number of benzene rings is 1. The van der Waals surface area contributed by atoms with Crippen LogP contribution in [0.2, 0.25) is 0 Å². The van der Waals surface area contributed by atoms with Gasteiger partial charge in [-0.2, -0.15) is 11.8 Å². The normalized spacial score (nSPS) is 17.9. The van der Waals surface area contributed by atoms with Crippen molar-refractivity contribution in [2.45, 2.75) is 31.3 Å². The van der Waals surface area contributed by atoms with Gasteiger partial charge < -0.3 is 20.7 Å². The van der Waals surface area contributed by atoms with Crippen LogP contribution >= 0.6 is 35.7 Å². The number of nitrogens with one attached hydrogen (secondary N) is 3. The average molecular weight is 492 g/mol. The fourth-order valence-corrected chi connectivity index (χ4v) is 3.47. The van der Waals surface area contributed by atoms with E-state index >= 15 is 0 Å². The molecule has 1 atom stereocenters. The molecule has 0 radical (unpaired) electrons. The Hall–Kier alpha value is -0.510. The molecule has 0 aromatic heterocycles. The summed E-state index contributed by atoms with van der Waals surface area (Å²) in [4.78, 5) is 4.34. The lowest BCUT2D eigenvalue weighted by molar-refractivity contribution is 0.0355. The van der Waals surface area contributed by atoms with Crippen LogP contribution in [0.4, 0.5) is 0 Å². The number of aliphatic imine (C=N–C) groups is 1. The van der Waals surface area contributed by atoms with Crippen molar-refractivity contribution < 1.29 is 4.74 Å². The first-order valence-electron chi connectivity index (χ1n) is 9.03. The molecule has 1 aliphatic rings. The third-order valence-electron chi connectivity index (χ3n) is 4.69. The molecule has 3 N–H and O–H groups in total. The van der Waals surface area contributed by atoms with E-state index in [1.165, 1.54) is 5.56 Å². The van der Waals surface area contributed by atoms with Crippen LogP contribution in [0.3, 0.4) is 0 Å². The van der Waals surface area contributed by atoms with Gasteiger partial charge in [-0.3, -0.25) is 4.99 Å². The predicted molar refractivity (Wildman–Crippen MR) is 124 cm³/mol. The van der Waals surface area contributed by atoms with Crippen molar-refractivity contribution >= 4 is 41.7 Å². The Balaban J connectivity index is 0.00000338. The van der Waals surface area contributed by atoms with E-state index in [0.29, 0.717) is 6.04 Å². The number of hydrogen-bond donors (Lipinski definition) is 3. The van der Waals surface area contributed by atoms with E-state index in [1.807, 2.05) is 18.8 Å². The minimum absolute atomic E-state index is 0. The second kappa shape index (κ2) is 12.8. The minimum Gasteiger partial charge on any atom is -0.381 e. The van der Waals surface area contributed by atoms with Crippen molar-refractivity contribution in [1.82, 2.24) is 16.0 Å². The van der Waals surface area contributed by atoms with Gasteiger partial charge in [-0.05, 0) is 31.6 Å². The highest BCUT2D eigenvalue weighted by atomic mass is 127. The van der Waals surface area contributed by atoms with Crippen molar-refractivity contribution in [3.05, 3.63) is 35.9 Å². The van der Waals surface area contributed by atoms with Crippen LogP contribution in [0, 0.1) is 0 Å². The van der Waals surface area contributed by atoms with Crippen LogP contribution < -0.4 is 16.0 Å². The first kappa shape index (κ1) is 23.5. The average Bonchev–Trinajstić information content (AvgIpc) is 2.66. The zero-order valence-corrected chi connectivity index (χ0v) is 19.2.